The Morgan fingerprint density at radius 3 is 2.64 bits per heavy atom. The fourth-order valence-corrected chi connectivity index (χ4v) is 3.87. The van der Waals surface area contributed by atoms with Gasteiger partial charge in [-0.15, -0.1) is 0 Å². The number of rotatable bonds is 7. The summed E-state index contributed by atoms with van der Waals surface area (Å²) >= 11 is 5.99. The smallest absolute Gasteiger partial charge is 0.410 e. The number of piperidine rings is 1. The Morgan fingerprint density at radius 1 is 1.24 bits per heavy atom. The molecule has 1 aromatic heterocycles. The first-order valence-corrected chi connectivity index (χ1v) is 11.5. The van der Waals surface area contributed by atoms with Crippen LogP contribution in [-0.4, -0.2) is 57.3 Å². The molecule has 8 nitrogen and oxygen atoms in total. The van der Waals surface area contributed by atoms with E-state index in [1.54, 1.807) is 17.3 Å². The van der Waals surface area contributed by atoms with Crippen molar-refractivity contribution in [3.05, 3.63) is 52.9 Å². The van der Waals surface area contributed by atoms with Gasteiger partial charge in [0.15, 0.2) is 0 Å². The number of aromatic nitrogens is 2. The minimum Gasteiger partial charge on any atom is -0.481 e. The van der Waals surface area contributed by atoms with Gasteiger partial charge >= 0.3 is 12.1 Å². The molecule has 1 amide bonds. The fourth-order valence-electron chi connectivity index (χ4n) is 3.75. The van der Waals surface area contributed by atoms with Gasteiger partial charge in [-0.25, -0.2) is 9.78 Å². The number of amides is 1. The van der Waals surface area contributed by atoms with Crippen molar-refractivity contribution in [2.75, 3.05) is 24.5 Å². The molecule has 1 aliphatic heterocycles. The Balaban J connectivity index is 1.77. The van der Waals surface area contributed by atoms with Crippen LogP contribution in [0.3, 0.4) is 0 Å². The summed E-state index contributed by atoms with van der Waals surface area (Å²) in [5, 5.41) is 9.85. The topological polar surface area (TPSA) is 95.9 Å². The van der Waals surface area contributed by atoms with Gasteiger partial charge in [0.2, 0.25) is 0 Å². The molecule has 1 N–H and O–H groups in total. The van der Waals surface area contributed by atoms with Gasteiger partial charge in [-0.2, -0.15) is 0 Å². The van der Waals surface area contributed by atoms with Crippen molar-refractivity contribution < 1.29 is 19.4 Å². The van der Waals surface area contributed by atoms with Crippen LogP contribution < -0.4 is 4.90 Å². The van der Waals surface area contributed by atoms with E-state index >= 15 is 0 Å². The first-order valence-electron chi connectivity index (χ1n) is 11.1. The Bertz CT molecular complexity index is 962. The zero-order valence-corrected chi connectivity index (χ0v) is 20.1. The third-order valence-electron chi connectivity index (χ3n) is 5.34. The molecule has 3 rings (SSSR count). The SMILES string of the molecule is CC(C)(C)OC(=O)N1CCCC(c2cncc(N(CCC(=O)O)Cc3ccc(Cl)cc3)n2)C1. The standard InChI is InChI=1S/C24H31ClN4O4/c1-24(2,3)33-23(32)29-11-4-5-18(16-29)20-13-26-14-21(27-20)28(12-10-22(30)31)15-17-6-8-19(25)9-7-17/h6-9,13-14,18H,4-5,10-12,15-16H2,1-3H3,(H,30,31). The maximum atomic E-state index is 12.5. The van der Waals surface area contributed by atoms with E-state index in [1.807, 2.05) is 49.9 Å². The summed E-state index contributed by atoms with van der Waals surface area (Å²) in [6.07, 6.45) is 4.78. The second kappa shape index (κ2) is 10.8. The van der Waals surface area contributed by atoms with E-state index in [-0.39, 0.29) is 18.4 Å². The summed E-state index contributed by atoms with van der Waals surface area (Å²) in [6.45, 7) is 7.51. The molecule has 2 heterocycles. The van der Waals surface area contributed by atoms with Crippen molar-refractivity contribution in [1.82, 2.24) is 14.9 Å². The maximum absolute atomic E-state index is 12.5. The number of likely N-dealkylation sites (tertiary alicyclic amines) is 1. The summed E-state index contributed by atoms with van der Waals surface area (Å²) in [5.41, 5.74) is 1.23. The van der Waals surface area contributed by atoms with Crippen LogP contribution in [0.15, 0.2) is 36.7 Å². The summed E-state index contributed by atoms with van der Waals surface area (Å²) in [6, 6.07) is 7.43. The first kappa shape index (κ1) is 24.8. The minimum atomic E-state index is -0.875. The molecule has 0 bridgehead atoms. The summed E-state index contributed by atoms with van der Waals surface area (Å²) in [7, 11) is 0. The number of benzene rings is 1. The lowest BCUT2D eigenvalue weighted by Gasteiger charge is -2.34. The monoisotopic (exact) mass is 474 g/mol. The highest BCUT2D eigenvalue weighted by molar-refractivity contribution is 6.30. The van der Waals surface area contributed by atoms with Crippen molar-refractivity contribution in [2.24, 2.45) is 0 Å². The Hall–Kier alpha value is -2.87. The molecule has 1 saturated heterocycles. The molecular weight excluding hydrogens is 444 g/mol. The number of carbonyl (C=O) groups excluding carboxylic acids is 1. The van der Waals surface area contributed by atoms with Crippen LogP contribution in [0.2, 0.25) is 5.02 Å². The van der Waals surface area contributed by atoms with Gasteiger partial charge in [-0.3, -0.25) is 9.78 Å². The molecule has 1 aliphatic rings. The largest absolute Gasteiger partial charge is 0.481 e. The lowest BCUT2D eigenvalue weighted by molar-refractivity contribution is -0.136. The average Bonchev–Trinajstić information content (AvgIpc) is 2.77. The maximum Gasteiger partial charge on any atom is 0.410 e. The van der Waals surface area contributed by atoms with E-state index in [1.165, 1.54) is 0 Å². The molecule has 0 spiro atoms. The van der Waals surface area contributed by atoms with Gasteiger partial charge in [0.25, 0.3) is 0 Å². The number of carboxylic acid groups (broad SMARTS) is 1. The van der Waals surface area contributed by atoms with E-state index < -0.39 is 11.6 Å². The molecule has 0 radical (unpaired) electrons. The summed E-state index contributed by atoms with van der Waals surface area (Å²) < 4.78 is 5.53. The summed E-state index contributed by atoms with van der Waals surface area (Å²) in [4.78, 5) is 36.6. The van der Waals surface area contributed by atoms with Crippen LogP contribution in [0.4, 0.5) is 10.6 Å². The molecule has 1 fully saturated rings. The molecule has 0 saturated carbocycles. The van der Waals surface area contributed by atoms with Gasteiger partial charge in [-0.05, 0) is 51.3 Å². The lowest BCUT2D eigenvalue weighted by Crippen LogP contribution is -2.42. The molecule has 2 aromatic rings. The van der Waals surface area contributed by atoms with Gasteiger partial charge in [0.1, 0.15) is 11.4 Å². The molecule has 1 unspecified atom stereocenters. The van der Waals surface area contributed by atoms with Crippen LogP contribution in [0.25, 0.3) is 0 Å². The quantitative estimate of drug-likeness (QED) is 0.619. The molecular formula is C24H31ClN4O4. The van der Waals surface area contributed by atoms with Crippen LogP contribution >= 0.6 is 11.6 Å². The second-order valence-electron chi connectivity index (χ2n) is 9.26. The number of hydrogen-bond donors (Lipinski definition) is 1. The van der Waals surface area contributed by atoms with Crippen molar-refractivity contribution in [2.45, 2.75) is 58.1 Å². The van der Waals surface area contributed by atoms with Crippen molar-refractivity contribution in [3.8, 4) is 0 Å². The van der Waals surface area contributed by atoms with E-state index in [4.69, 9.17) is 21.3 Å². The van der Waals surface area contributed by atoms with Crippen LogP contribution in [0.5, 0.6) is 0 Å². The molecule has 0 aliphatic carbocycles. The second-order valence-corrected chi connectivity index (χ2v) is 9.70. The van der Waals surface area contributed by atoms with Gasteiger partial charge in [-0.1, -0.05) is 23.7 Å². The van der Waals surface area contributed by atoms with Crippen LogP contribution in [-0.2, 0) is 16.1 Å². The molecule has 33 heavy (non-hydrogen) atoms. The highest BCUT2D eigenvalue weighted by Gasteiger charge is 2.29. The summed E-state index contributed by atoms with van der Waals surface area (Å²) in [5.74, 6) is -0.228. The molecule has 9 heteroatoms. The zero-order chi connectivity index (χ0) is 24.0. The number of carbonyl (C=O) groups is 2. The van der Waals surface area contributed by atoms with Crippen LogP contribution in [0, 0.1) is 0 Å². The zero-order valence-electron chi connectivity index (χ0n) is 19.3. The van der Waals surface area contributed by atoms with Gasteiger partial charge in [0.05, 0.1) is 18.3 Å². The van der Waals surface area contributed by atoms with Crippen molar-refractivity contribution in [3.63, 3.8) is 0 Å². The van der Waals surface area contributed by atoms with Gasteiger partial charge in [0, 0.05) is 43.3 Å². The Labute approximate surface area is 199 Å². The van der Waals surface area contributed by atoms with E-state index in [0.29, 0.717) is 37.0 Å². The van der Waals surface area contributed by atoms with Crippen LogP contribution in [0.1, 0.15) is 57.2 Å². The number of nitrogens with zero attached hydrogens (tertiary/aromatic N) is 4. The predicted octanol–water partition coefficient (Wildman–Crippen LogP) is 4.73. The van der Waals surface area contributed by atoms with Crippen molar-refractivity contribution >= 4 is 29.5 Å². The molecule has 1 aromatic carbocycles. The van der Waals surface area contributed by atoms with E-state index in [0.717, 1.165) is 24.1 Å². The lowest BCUT2D eigenvalue weighted by atomic mass is 9.95. The van der Waals surface area contributed by atoms with E-state index in [2.05, 4.69) is 4.98 Å². The number of carboxylic acids is 1. The minimum absolute atomic E-state index is 0.0185. The molecule has 1 atom stereocenters. The average molecular weight is 475 g/mol. The van der Waals surface area contributed by atoms with E-state index in [9.17, 15) is 14.7 Å². The number of hydrogen-bond acceptors (Lipinski definition) is 6. The number of ether oxygens (including phenoxy) is 1. The third kappa shape index (κ3) is 7.60. The normalized spacial score (nSPS) is 16.4. The predicted molar refractivity (Wildman–Crippen MR) is 127 cm³/mol. The molecule has 178 valence electrons. The number of anilines is 1. The number of aliphatic carboxylic acids is 1. The Morgan fingerprint density at radius 2 is 1.97 bits per heavy atom. The first-order chi connectivity index (χ1) is 15.6. The highest BCUT2D eigenvalue weighted by atomic mass is 35.5. The Kier molecular flexibility index (Phi) is 8.13. The highest BCUT2D eigenvalue weighted by Crippen LogP contribution is 2.28. The third-order valence-corrected chi connectivity index (χ3v) is 5.59. The van der Waals surface area contributed by atoms with Crippen molar-refractivity contribution in [1.29, 1.82) is 0 Å². The number of halogens is 1. The fraction of sp³-hybridized carbons (Fsp3) is 0.500. The van der Waals surface area contributed by atoms with Gasteiger partial charge < -0.3 is 19.6 Å².